The Morgan fingerprint density at radius 3 is 2.35 bits per heavy atom. The third-order valence-corrected chi connectivity index (χ3v) is 12.6. The number of fused-ring (bicyclic) bond motifs is 4. The first-order valence-corrected chi connectivity index (χ1v) is 21.1. The lowest BCUT2D eigenvalue weighted by molar-refractivity contribution is -0.136. The average Bonchev–Trinajstić information content (AvgIpc) is 3.76. The third kappa shape index (κ3) is 8.48. The highest BCUT2D eigenvalue weighted by Gasteiger charge is 2.46. The van der Waals surface area contributed by atoms with Gasteiger partial charge in [-0.15, -0.1) is 11.3 Å². The minimum atomic E-state index is -1.01. The Morgan fingerprint density at radius 1 is 0.895 bits per heavy atom. The van der Waals surface area contributed by atoms with Crippen molar-refractivity contribution in [2.24, 2.45) is 4.99 Å². The zero-order valence-corrected chi connectivity index (χ0v) is 34.2. The zero-order valence-electron chi connectivity index (χ0n) is 32.6. The summed E-state index contributed by atoms with van der Waals surface area (Å²) in [5.74, 6) is -1.82. The van der Waals surface area contributed by atoms with E-state index in [0.29, 0.717) is 23.9 Å². The van der Waals surface area contributed by atoms with Crippen LogP contribution in [-0.2, 0) is 14.4 Å². The van der Waals surface area contributed by atoms with Crippen LogP contribution in [0.1, 0.15) is 130 Å². The lowest BCUT2D eigenvalue weighted by Gasteiger charge is -2.27. The topological polar surface area (TPSA) is 139 Å². The molecule has 1 saturated heterocycles. The molecule has 5 amide bonds. The van der Waals surface area contributed by atoms with Crippen LogP contribution >= 0.6 is 22.9 Å². The molecule has 3 aliphatic rings. The van der Waals surface area contributed by atoms with Crippen LogP contribution in [0.15, 0.2) is 59.6 Å². The van der Waals surface area contributed by atoms with E-state index in [4.69, 9.17) is 21.3 Å². The number of carbonyl (C=O) groups is 5. The van der Waals surface area contributed by atoms with Crippen molar-refractivity contribution in [1.29, 1.82) is 0 Å². The molecule has 0 saturated carbocycles. The van der Waals surface area contributed by atoms with E-state index >= 15 is 0 Å². The van der Waals surface area contributed by atoms with Gasteiger partial charge in [0.25, 0.3) is 11.8 Å². The molecule has 1 unspecified atom stereocenters. The quantitative estimate of drug-likeness (QED) is 0.0866. The SMILES string of the molecule is Cc1sc2c(c1C)C(c1ccc(Cl)cc1)=N[C@@H](CC(=O)NCCCCCCCCCCOc1cccc3c1C(=O)N(C1CCC(=O)NC1=O)C3=O)c1ccc(C)n1-2. The Kier molecular flexibility index (Phi) is 12.4. The predicted octanol–water partition coefficient (Wildman–Crippen LogP) is 8.12. The fraction of sp³-hybridized carbons (Fsp3) is 0.409. The fourth-order valence-corrected chi connectivity index (χ4v) is 9.32. The van der Waals surface area contributed by atoms with E-state index in [1.54, 1.807) is 29.5 Å². The van der Waals surface area contributed by atoms with Crippen LogP contribution in [0.5, 0.6) is 5.75 Å². The number of rotatable bonds is 16. The monoisotopic (exact) mass is 809 g/mol. The molecular formula is C44H48ClN5O6S. The van der Waals surface area contributed by atoms with E-state index in [9.17, 15) is 24.0 Å². The molecule has 2 aromatic heterocycles. The largest absolute Gasteiger partial charge is 0.493 e. The molecule has 0 bridgehead atoms. The van der Waals surface area contributed by atoms with Crippen molar-refractivity contribution >= 4 is 58.2 Å². The highest BCUT2D eigenvalue weighted by Crippen LogP contribution is 2.41. The molecule has 2 atom stereocenters. The summed E-state index contributed by atoms with van der Waals surface area (Å²) in [6.45, 7) is 7.43. The summed E-state index contributed by atoms with van der Waals surface area (Å²) in [6.07, 6.45) is 8.53. The van der Waals surface area contributed by atoms with Crippen molar-refractivity contribution in [1.82, 2.24) is 20.1 Å². The molecule has 3 aliphatic heterocycles. The highest BCUT2D eigenvalue weighted by atomic mass is 35.5. The van der Waals surface area contributed by atoms with Crippen molar-refractivity contribution in [3.8, 4) is 10.8 Å². The molecule has 5 heterocycles. The number of imide groups is 2. The number of aromatic nitrogens is 1. The van der Waals surface area contributed by atoms with Crippen LogP contribution in [0, 0.1) is 20.8 Å². The van der Waals surface area contributed by atoms with Crippen molar-refractivity contribution in [2.75, 3.05) is 13.2 Å². The van der Waals surface area contributed by atoms with E-state index in [1.807, 2.05) is 24.3 Å². The first-order valence-electron chi connectivity index (χ1n) is 19.9. The average molecular weight is 810 g/mol. The minimum absolute atomic E-state index is 0.00644. The van der Waals surface area contributed by atoms with Gasteiger partial charge < -0.3 is 14.6 Å². The van der Waals surface area contributed by atoms with Crippen molar-refractivity contribution in [2.45, 2.75) is 103 Å². The number of halogens is 1. The summed E-state index contributed by atoms with van der Waals surface area (Å²) < 4.78 is 8.23. The fourth-order valence-electron chi connectivity index (χ4n) is 7.95. The number of hydrogen-bond acceptors (Lipinski definition) is 8. The molecule has 0 spiro atoms. The molecule has 0 radical (unpaired) electrons. The van der Waals surface area contributed by atoms with Gasteiger partial charge >= 0.3 is 0 Å². The van der Waals surface area contributed by atoms with Crippen molar-refractivity contribution < 1.29 is 28.7 Å². The number of aliphatic imine (C=N–C) groups is 1. The van der Waals surface area contributed by atoms with Crippen LogP contribution in [0.25, 0.3) is 5.00 Å². The molecule has 0 aliphatic carbocycles. The Bertz CT molecular complexity index is 2240. The number of ether oxygens (including phenoxy) is 1. The van der Waals surface area contributed by atoms with Crippen molar-refractivity contribution in [3.05, 3.63) is 104 Å². The lowest BCUT2D eigenvalue weighted by Crippen LogP contribution is -2.54. The number of hydrogen-bond donors (Lipinski definition) is 2. The predicted molar refractivity (Wildman–Crippen MR) is 221 cm³/mol. The number of nitrogens with one attached hydrogen (secondary N) is 2. The number of thiophene rings is 1. The normalized spacial score (nSPS) is 17.5. The van der Waals surface area contributed by atoms with Crippen LogP contribution in [0.2, 0.25) is 5.02 Å². The van der Waals surface area contributed by atoms with Gasteiger partial charge in [-0.3, -0.25) is 39.2 Å². The van der Waals surface area contributed by atoms with Crippen LogP contribution in [0.3, 0.4) is 0 Å². The Hall–Kier alpha value is -5.07. The first-order chi connectivity index (χ1) is 27.5. The molecule has 298 valence electrons. The summed E-state index contributed by atoms with van der Waals surface area (Å²) in [4.78, 5) is 71.1. The van der Waals surface area contributed by atoms with Gasteiger partial charge in [0.05, 0.1) is 35.9 Å². The number of benzene rings is 2. The molecule has 2 N–H and O–H groups in total. The molecule has 4 aromatic rings. The maximum atomic E-state index is 13.3. The number of piperidine rings is 1. The van der Waals surface area contributed by atoms with Gasteiger partial charge in [0.15, 0.2) is 0 Å². The maximum absolute atomic E-state index is 13.3. The summed E-state index contributed by atoms with van der Waals surface area (Å²) >= 11 is 8.01. The molecule has 13 heteroatoms. The van der Waals surface area contributed by atoms with Gasteiger partial charge in [0.1, 0.15) is 16.8 Å². The first kappa shape index (κ1) is 40.1. The highest BCUT2D eigenvalue weighted by molar-refractivity contribution is 7.15. The van der Waals surface area contributed by atoms with Gasteiger partial charge in [0.2, 0.25) is 17.7 Å². The third-order valence-electron chi connectivity index (χ3n) is 11.1. The second-order valence-electron chi connectivity index (χ2n) is 15.1. The van der Waals surface area contributed by atoms with E-state index in [-0.39, 0.29) is 42.3 Å². The lowest BCUT2D eigenvalue weighted by atomic mass is 9.99. The summed E-state index contributed by atoms with van der Waals surface area (Å²) in [5, 5.41) is 7.18. The number of aryl methyl sites for hydroxylation is 2. The van der Waals surface area contributed by atoms with Crippen molar-refractivity contribution in [3.63, 3.8) is 0 Å². The second kappa shape index (κ2) is 17.6. The Balaban J connectivity index is 0.819. The van der Waals surface area contributed by atoms with E-state index in [1.165, 1.54) is 10.4 Å². The van der Waals surface area contributed by atoms with Gasteiger partial charge in [-0.2, -0.15) is 0 Å². The number of amides is 5. The molecular weight excluding hydrogens is 762 g/mol. The zero-order chi connectivity index (χ0) is 40.2. The van der Waals surface area contributed by atoms with E-state index < -0.39 is 29.7 Å². The smallest absolute Gasteiger partial charge is 0.266 e. The van der Waals surface area contributed by atoms with Gasteiger partial charge in [-0.1, -0.05) is 68.3 Å². The van der Waals surface area contributed by atoms with Gasteiger partial charge in [-0.05, 0) is 82.0 Å². The van der Waals surface area contributed by atoms with Crippen LogP contribution in [-0.4, -0.2) is 63.9 Å². The molecule has 1 fully saturated rings. The van der Waals surface area contributed by atoms with E-state index in [2.05, 4.69) is 48.1 Å². The molecule has 11 nitrogen and oxygen atoms in total. The Labute approximate surface area is 341 Å². The Morgan fingerprint density at radius 2 is 1.61 bits per heavy atom. The summed E-state index contributed by atoms with van der Waals surface area (Å²) in [6, 6.07) is 15.6. The van der Waals surface area contributed by atoms with Gasteiger partial charge in [-0.25, -0.2) is 0 Å². The minimum Gasteiger partial charge on any atom is -0.493 e. The number of nitrogens with zero attached hydrogens (tertiary/aromatic N) is 3. The van der Waals surface area contributed by atoms with E-state index in [0.717, 1.165) is 89.5 Å². The summed E-state index contributed by atoms with van der Waals surface area (Å²) in [7, 11) is 0. The van der Waals surface area contributed by atoms with Gasteiger partial charge in [0, 0.05) is 45.4 Å². The number of carbonyl (C=O) groups excluding carboxylic acids is 5. The second-order valence-corrected chi connectivity index (χ2v) is 16.7. The summed E-state index contributed by atoms with van der Waals surface area (Å²) in [5.41, 5.74) is 6.73. The standard InChI is InChI=1S/C44H48ClN5O6S/c1-26-15-20-33-32(47-40(29-16-18-30(45)19-17-29)38-27(2)28(3)57-44(38)49(26)33)25-37(52)46-23-10-8-6-4-5-7-9-11-24-56-35-14-12-13-31-39(35)43(55)50(42(31)54)34-21-22-36(51)48-41(34)53/h12-20,32,34H,4-11,21-25H2,1-3H3,(H,46,52)(H,48,51,53)/t32-,34?/m0/s1. The number of unbranched alkanes of at least 4 members (excludes halogenated alkanes) is 7. The van der Waals surface area contributed by atoms with Crippen LogP contribution in [0.4, 0.5) is 0 Å². The molecule has 57 heavy (non-hydrogen) atoms. The van der Waals surface area contributed by atoms with Crippen LogP contribution < -0.4 is 15.4 Å². The molecule has 2 aromatic carbocycles. The molecule has 7 rings (SSSR count). The maximum Gasteiger partial charge on any atom is 0.266 e.